The van der Waals surface area contributed by atoms with E-state index in [1.54, 1.807) is 24.3 Å². The highest BCUT2D eigenvalue weighted by Crippen LogP contribution is 2.17. The van der Waals surface area contributed by atoms with Crippen LogP contribution in [0.2, 0.25) is 0 Å². The van der Waals surface area contributed by atoms with Crippen LogP contribution in [0.25, 0.3) is 0 Å². The minimum Gasteiger partial charge on any atom is -0.357 e. The minimum absolute atomic E-state index is 0.0587. The Hall–Kier alpha value is -2.63. The van der Waals surface area contributed by atoms with E-state index in [9.17, 15) is 14.4 Å². The van der Waals surface area contributed by atoms with Crippen LogP contribution in [-0.4, -0.2) is 35.2 Å². The fraction of sp³-hybridized carbons (Fsp3) is 0.312. The summed E-state index contributed by atoms with van der Waals surface area (Å²) in [5, 5.41) is 5.89. The van der Waals surface area contributed by atoms with E-state index < -0.39 is 0 Å². The van der Waals surface area contributed by atoms with E-state index in [-0.39, 0.29) is 30.3 Å². The molecule has 0 atom stereocenters. The molecule has 0 spiro atoms. The van der Waals surface area contributed by atoms with Crippen molar-refractivity contribution in [2.75, 3.05) is 11.9 Å². The van der Waals surface area contributed by atoms with Gasteiger partial charge in [0.05, 0.1) is 6.54 Å². The Bertz CT molecular complexity index is 650. The molecule has 0 aromatic heterocycles. The molecule has 1 heterocycles. The Kier molecular flexibility index (Phi) is 4.60. The maximum absolute atomic E-state index is 12.0. The lowest BCUT2D eigenvalue weighted by molar-refractivity contribution is -0.138. The summed E-state index contributed by atoms with van der Waals surface area (Å²) in [6.07, 6.45) is 1.39. The number of nitrogens with zero attached hydrogens (tertiary/aromatic N) is 1. The van der Waals surface area contributed by atoms with Gasteiger partial charge in [-0.15, -0.1) is 0 Å². The third-order valence-electron chi connectivity index (χ3n) is 3.12. The SMILES string of the molecule is CC(=O)N1CC(Nc2cccc(C(=O)NC(C)C)c2)=CC1=O. The Morgan fingerprint density at radius 2 is 2.00 bits per heavy atom. The monoisotopic (exact) mass is 301 g/mol. The molecular weight excluding hydrogens is 282 g/mol. The van der Waals surface area contributed by atoms with Gasteiger partial charge in [-0.05, 0) is 32.0 Å². The highest BCUT2D eigenvalue weighted by molar-refractivity contribution is 6.03. The number of hydrogen-bond donors (Lipinski definition) is 2. The maximum Gasteiger partial charge on any atom is 0.255 e. The Labute approximate surface area is 129 Å². The van der Waals surface area contributed by atoms with Crippen molar-refractivity contribution in [2.24, 2.45) is 0 Å². The number of rotatable bonds is 4. The van der Waals surface area contributed by atoms with Crippen LogP contribution in [-0.2, 0) is 9.59 Å². The topological polar surface area (TPSA) is 78.5 Å². The number of anilines is 1. The summed E-state index contributed by atoms with van der Waals surface area (Å²) in [6.45, 7) is 5.36. The molecule has 0 saturated carbocycles. The van der Waals surface area contributed by atoms with Crippen LogP contribution < -0.4 is 10.6 Å². The van der Waals surface area contributed by atoms with Gasteiger partial charge in [-0.2, -0.15) is 0 Å². The summed E-state index contributed by atoms with van der Waals surface area (Å²) >= 11 is 0. The van der Waals surface area contributed by atoms with Crippen LogP contribution in [0.1, 0.15) is 31.1 Å². The lowest BCUT2D eigenvalue weighted by Gasteiger charge is -2.13. The number of hydrogen-bond acceptors (Lipinski definition) is 4. The van der Waals surface area contributed by atoms with Crippen molar-refractivity contribution >= 4 is 23.4 Å². The molecule has 6 heteroatoms. The zero-order chi connectivity index (χ0) is 16.3. The van der Waals surface area contributed by atoms with Crippen LogP contribution in [0, 0.1) is 0 Å². The average molecular weight is 301 g/mol. The highest BCUT2D eigenvalue weighted by Gasteiger charge is 2.24. The summed E-state index contributed by atoms with van der Waals surface area (Å²) in [4.78, 5) is 36.1. The van der Waals surface area contributed by atoms with Crippen molar-refractivity contribution in [1.82, 2.24) is 10.2 Å². The number of carbonyl (C=O) groups is 3. The molecule has 0 aliphatic carbocycles. The maximum atomic E-state index is 12.0. The molecule has 0 saturated heterocycles. The summed E-state index contributed by atoms with van der Waals surface area (Å²) in [7, 11) is 0. The second kappa shape index (κ2) is 6.43. The Morgan fingerprint density at radius 3 is 2.59 bits per heavy atom. The van der Waals surface area contributed by atoms with Crippen LogP contribution in [0.15, 0.2) is 36.0 Å². The quantitative estimate of drug-likeness (QED) is 0.883. The smallest absolute Gasteiger partial charge is 0.255 e. The van der Waals surface area contributed by atoms with E-state index in [1.165, 1.54) is 13.0 Å². The van der Waals surface area contributed by atoms with E-state index >= 15 is 0 Å². The Morgan fingerprint density at radius 1 is 1.27 bits per heavy atom. The van der Waals surface area contributed by atoms with Gasteiger partial charge in [0.25, 0.3) is 11.8 Å². The molecule has 1 aliphatic rings. The standard InChI is InChI=1S/C16H19N3O3/c1-10(2)17-16(22)12-5-4-6-13(7-12)18-14-8-15(21)19(9-14)11(3)20/h4-8,10,18H,9H2,1-3H3,(H,17,22). The first kappa shape index (κ1) is 15.8. The largest absolute Gasteiger partial charge is 0.357 e. The molecule has 116 valence electrons. The van der Waals surface area contributed by atoms with Crippen molar-refractivity contribution in [3.63, 3.8) is 0 Å². The molecule has 2 N–H and O–H groups in total. The highest BCUT2D eigenvalue weighted by atomic mass is 16.2. The van der Waals surface area contributed by atoms with Crippen molar-refractivity contribution in [2.45, 2.75) is 26.8 Å². The van der Waals surface area contributed by atoms with Gasteiger partial charge in [-0.25, -0.2) is 0 Å². The lowest BCUT2D eigenvalue weighted by atomic mass is 10.1. The summed E-state index contributed by atoms with van der Waals surface area (Å²) in [5.41, 5.74) is 1.86. The van der Waals surface area contributed by atoms with E-state index in [0.717, 1.165) is 4.90 Å². The van der Waals surface area contributed by atoms with Gasteiger partial charge < -0.3 is 10.6 Å². The van der Waals surface area contributed by atoms with E-state index in [1.807, 2.05) is 13.8 Å². The first-order valence-electron chi connectivity index (χ1n) is 7.07. The van der Waals surface area contributed by atoms with E-state index in [2.05, 4.69) is 10.6 Å². The molecule has 6 nitrogen and oxygen atoms in total. The molecule has 1 aromatic carbocycles. The molecule has 2 rings (SSSR count). The zero-order valence-corrected chi connectivity index (χ0v) is 12.8. The van der Waals surface area contributed by atoms with Gasteiger partial charge in [0.1, 0.15) is 0 Å². The average Bonchev–Trinajstić information content (AvgIpc) is 2.79. The van der Waals surface area contributed by atoms with Crippen LogP contribution in [0.4, 0.5) is 5.69 Å². The van der Waals surface area contributed by atoms with Gasteiger partial charge in [-0.1, -0.05) is 6.07 Å². The number of amides is 3. The molecule has 22 heavy (non-hydrogen) atoms. The third kappa shape index (κ3) is 3.72. The van der Waals surface area contributed by atoms with Crippen LogP contribution >= 0.6 is 0 Å². The number of nitrogens with one attached hydrogen (secondary N) is 2. The van der Waals surface area contributed by atoms with E-state index in [0.29, 0.717) is 16.9 Å². The second-order valence-corrected chi connectivity index (χ2v) is 5.45. The van der Waals surface area contributed by atoms with Crippen LogP contribution in [0.3, 0.4) is 0 Å². The zero-order valence-electron chi connectivity index (χ0n) is 12.8. The van der Waals surface area contributed by atoms with E-state index in [4.69, 9.17) is 0 Å². The van der Waals surface area contributed by atoms with Crippen molar-refractivity contribution in [1.29, 1.82) is 0 Å². The molecule has 0 fully saturated rings. The molecular formula is C16H19N3O3. The molecule has 0 radical (unpaired) electrons. The minimum atomic E-state index is -0.330. The van der Waals surface area contributed by atoms with Gasteiger partial charge in [0.2, 0.25) is 5.91 Å². The predicted octanol–water partition coefficient (Wildman–Crippen LogP) is 1.51. The van der Waals surface area contributed by atoms with Crippen molar-refractivity contribution in [3.8, 4) is 0 Å². The summed E-state index contributed by atoms with van der Waals surface area (Å²) in [5.74, 6) is -0.771. The second-order valence-electron chi connectivity index (χ2n) is 5.45. The fourth-order valence-corrected chi connectivity index (χ4v) is 2.13. The fourth-order valence-electron chi connectivity index (χ4n) is 2.13. The van der Waals surface area contributed by atoms with Gasteiger partial charge in [0.15, 0.2) is 0 Å². The lowest BCUT2D eigenvalue weighted by Crippen LogP contribution is -2.31. The first-order valence-corrected chi connectivity index (χ1v) is 7.07. The molecule has 0 bridgehead atoms. The number of imide groups is 1. The van der Waals surface area contributed by atoms with Crippen molar-refractivity contribution in [3.05, 3.63) is 41.6 Å². The predicted molar refractivity (Wildman–Crippen MR) is 83.1 cm³/mol. The molecule has 1 aromatic rings. The number of benzene rings is 1. The molecule has 3 amide bonds. The number of carbonyl (C=O) groups excluding carboxylic acids is 3. The van der Waals surface area contributed by atoms with Gasteiger partial charge in [0, 0.05) is 36.0 Å². The summed E-state index contributed by atoms with van der Waals surface area (Å²) in [6, 6.07) is 7.05. The first-order chi connectivity index (χ1) is 10.4. The van der Waals surface area contributed by atoms with Gasteiger partial charge >= 0.3 is 0 Å². The molecule has 0 unspecified atom stereocenters. The Balaban J connectivity index is 2.09. The van der Waals surface area contributed by atoms with Gasteiger partial charge in [-0.3, -0.25) is 19.3 Å². The molecule has 1 aliphatic heterocycles. The van der Waals surface area contributed by atoms with Crippen LogP contribution in [0.5, 0.6) is 0 Å². The normalized spacial score (nSPS) is 14.1. The summed E-state index contributed by atoms with van der Waals surface area (Å²) < 4.78 is 0. The third-order valence-corrected chi connectivity index (χ3v) is 3.12. The van der Waals surface area contributed by atoms with Crippen molar-refractivity contribution < 1.29 is 14.4 Å².